The second kappa shape index (κ2) is 11.3. The standard InChI is InChI=1S/C29H30ClFN4O2S/c1-2-20-14-21(15-22-18-33-29(34-28(20)22)32-17-19-8-4-3-5-9-19)24-13-12-23(16-26(24)31)35-38(36,37)27-11-7-6-10-25(27)30/h6-7,10-16,18-19,35H,2-5,8-9,17H2,1H3,(H,32,33,34). The monoisotopic (exact) mass is 552 g/mol. The fraction of sp³-hybridized carbons (Fsp3) is 0.310. The summed E-state index contributed by atoms with van der Waals surface area (Å²) in [6.45, 7) is 2.92. The van der Waals surface area contributed by atoms with Gasteiger partial charge >= 0.3 is 0 Å². The third kappa shape index (κ3) is 5.76. The van der Waals surface area contributed by atoms with Gasteiger partial charge in [-0.3, -0.25) is 4.72 Å². The van der Waals surface area contributed by atoms with Gasteiger partial charge in [-0.1, -0.05) is 49.9 Å². The Balaban J connectivity index is 1.39. The average Bonchev–Trinajstić information content (AvgIpc) is 2.92. The van der Waals surface area contributed by atoms with E-state index in [-0.39, 0.29) is 15.6 Å². The minimum Gasteiger partial charge on any atom is -0.354 e. The van der Waals surface area contributed by atoms with Crippen LogP contribution in [0.2, 0.25) is 5.02 Å². The fourth-order valence-electron chi connectivity index (χ4n) is 5.04. The molecule has 5 rings (SSSR count). The fourth-order valence-corrected chi connectivity index (χ4v) is 6.61. The van der Waals surface area contributed by atoms with E-state index in [9.17, 15) is 8.42 Å². The number of aromatic nitrogens is 2. The molecular formula is C29H30ClFN4O2S. The molecule has 38 heavy (non-hydrogen) atoms. The van der Waals surface area contributed by atoms with E-state index in [0.717, 1.165) is 29.4 Å². The smallest absolute Gasteiger partial charge is 0.263 e. The van der Waals surface area contributed by atoms with E-state index in [0.29, 0.717) is 23.0 Å². The van der Waals surface area contributed by atoms with Gasteiger partial charge in [0.1, 0.15) is 10.7 Å². The molecule has 1 aliphatic rings. The molecule has 198 valence electrons. The van der Waals surface area contributed by atoms with Gasteiger partial charge in [0.15, 0.2) is 0 Å². The number of nitrogens with one attached hydrogen (secondary N) is 2. The average molecular weight is 553 g/mol. The van der Waals surface area contributed by atoms with Crippen LogP contribution in [0, 0.1) is 11.7 Å². The lowest BCUT2D eigenvalue weighted by atomic mass is 9.89. The molecular weight excluding hydrogens is 523 g/mol. The number of rotatable bonds is 8. The van der Waals surface area contributed by atoms with Crippen LogP contribution in [-0.2, 0) is 16.4 Å². The predicted octanol–water partition coefficient (Wildman–Crippen LogP) is 7.44. The van der Waals surface area contributed by atoms with Crippen LogP contribution < -0.4 is 10.0 Å². The summed E-state index contributed by atoms with van der Waals surface area (Å²) >= 11 is 6.04. The van der Waals surface area contributed by atoms with Crippen molar-refractivity contribution >= 4 is 44.2 Å². The minimum absolute atomic E-state index is 0.0686. The Morgan fingerprint density at radius 3 is 2.58 bits per heavy atom. The Morgan fingerprint density at radius 2 is 1.84 bits per heavy atom. The van der Waals surface area contributed by atoms with Crippen LogP contribution in [0.5, 0.6) is 0 Å². The topological polar surface area (TPSA) is 84.0 Å². The van der Waals surface area contributed by atoms with Gasteiger partial charge in [-0.15, -0.1) is 0 Å². The lowest BCUT2D eigenvalue weighted by Gasteiger charge is -2.21. The zero-order valence-corrected chi connectivity index (χ0v) is 22.7. The normalized spacial score (nSPS) is 14.5. The third-order valence-corrected chi connectivity index (χ3v) is 8.96. The predicted molar refractivity (Wildman–Crippen MR) is 152 cm³/mol. The van der Waals surface area contributed by atoms with Crippen molar-refractivity contribution in [1.82, 2.24) is 9.97 Å². The molecule has 0 aliphatic heterocycles. The van der Waals surface area contributed by atoms with Crippen molar-refractivity contribution in [2.24, 2.45) is 5.92 Å². The van der Waals surface area contributed by atoms with Gasteiger partial charge in [-0.25, -0.2) is 22.8 Å². The van der Waals surface area contributed by atoms with Crippen LogP contribution in [-0.4, -0.2) is 24.9 Å². The first-order chi connectivity index (χ1) is 18.3. The highest BCUT2D eigenvalue weighted by Crippen LogP contribution is 2.32. The van der Waals surface area contributed by atoms with E-state index < -0.39 is 15.8 Å². The number of halogens is 2. The van der Waals surface area contributed by atoms with E-state index in [1.165, 1.54) is 56.4 Å². The molecule has 1 saturated carbocycles. The first kappa shape index (κ1) is 26.4. The number of benzene rings is 3. The lowest BCUT2D eigenvalue weighted by Crippen LogP contribution is -2.18. The molecule has 0 bridgehead atoms. The van der Waals surface area contributed by atoms with Crippen LogP contribution in [0.25, 0.3) is 22.0 Å². The Bertz CT molecular complexity index is 1570. The molecule has 0 saturated heterocycles. The molecule has 0 amide bonds. The minimum atomic E-state index is -3.97. The number of hydrogen-bond acceptors (Lipinski definition) is 5. The van der Waals surface area contributed by atoms with Gasteiger partial charge in [0.25, 0.3) is 10.0 Å². The van der Waals surface area contributed by atoms with Crippen molar-refractivity contribution in [1.29, 1.82) is 0 Å². The summed E-state index contributed by atoms with van der Waals surface area (Å²) in [5.74, 6) is 0.737. The second-order valence-electron chi connectivity index (χ2n) is 9.74. The third-order valence-electron chi connectivity index (χ3n) is 7.07. The molecule has 6 nitrogen and oxygen atoms in total. The number of anilines is 2. The zero-order chi connectivity index (χ0) is 26.7. The van der Waals surface area contributed by atoms with Gasteiger partial charge in [0.05, 0.1) is 16.2 Å². The summed E-state index contributed by atoms with van der Waals surface area (Å²) in [4.78, 5) is 9.22. The maximum absolute atomic E-state index is 15.3. The number of nitrogens with zero attached hydrogens (tertiary/aromatic N) is 2. The molecule has 1 fully saturated rings. The highest BCUT2D eigenvalue weighted by molar-refractivity contribution is 7.92. The van der Waals surface area contributed by atoms with Crippen molar-refractivity contribution in [3.63, 3.8) is 0 Å². The molecule has 1 aromatic heterocycles. The molecule has 2 N–H and O–H groups in total. The van der Waals surface area contributed by atoms with Crippen LogP contribution in [0.3, 0.4) is 0 Å². The molecule has 1 aliphatic carbocycles. The summed E-state index contributed by atoms with van der Waals surface area (Å²) < 4.78 is 43.2. The molecule has 9 heteroatoms. The van der Waals surface area contributed by atoms with Gasteiger partial charge in [-0.2, -0.15) is 0 Å². The largest absolute Gasteiger partial charge is 0.354 e. The summed E-state index contributed by atoms with van der Waals surface area (Å²) in [7, 11) is -3.97. The van der Waals surface area contributed by atoms with Crippen molar-refractivity contribution < 1.29 is 12.8 Å². The first-order valence-corrected chi connectivity index (χ1v) is 14.8. The Labute approximate surface area is 227 Å². The number of fused-ring (bicyclic) bond motifs is 1. The van der Waals surface area contributed by atoms with Gasteiger partial charge < -0.3 is 5.32 Å². The van der Waals surface area contributed by atoms with E-state index >= 15 is 4.39 Å². The summed E-state index contributed by atoms with van der Waals surface area (Å²) in [6.07, 6.45) is 8.90. The van der Waals surface area contributed by atoms with Crippen molar-refractivity contribution in [3.8, 4) is 11.1 Å². The van der Waals surface area contributed by atoms with E-state index in [2.05, 4.69) is 15.0 Å². The van der Waals surface area contributed by atoms with Crippen molar-refractivity contribution in [3.05, 3.63) is 77.2 Å². The Hall–Kier alpha value is -3.23. The lowest BCUT2D eigenvalue weighted by molar-refractivity contribution is 0.373. The summed E-state index contributed by atoms with van der Waals surface area (Å²) in [6, 6.07) is 14.2. The quantitative estimate of drug-likeness (QED) is 0.237. The first-order valence-electron chi connectivity index (χ1n) is 12.9. The SMILES string of the molecule is CCc1cc(-c2ccc(NS(=O)(=O)c3ccccc3Cl)cc2F)cc2cnc(NCC3CCCCC3)nc12. The Morgan fingerprint density at radius 1 is 1.05 bits per heavy atom. The maximum atomic E-state index is 15.3. The molecule has 0 radical (unpaired) electrons. The van der Waals surface area contributed by atoms with Crippen LogP contribution in [0.15, 0.2) is 65.7 Å². The Kier molecular flexibility index (Phi) is 7.81. The van der Waals surface area contributed by atoms with Crippen molar-refractivity contribution in [2.45, 2.75) is 50.3 Å². The molecule has 4 aromatic rings. The molecule has 0 unspecified atom stereocenters. The van der Waals surface area contributed by atoms with Gasteiger partial charge in [0.2, 0.25) is 5.95 Å². The van der Waals surface area contributed by atoms with Crippen molar-refractivity contribution in [2.75, 3.05) is 16.6 Å². The highest BCUT2D eigenvalue weighted by Gasteiger charge is 2.19. The molecule has 1 heterocycles. The van der Waals surface area contributed by atoms with Crippen LogP contribution in [0.4, 0.5) is 16.0 Å². The molecule has 0 atom stereocenters. The highest BCUT2D eigenvalue weighted by atomic mass is 35.5. The molecule has 0 spiro atoms. The van der Waals surface area contributed by atoms with Crippen LogP contribution >= 0.6 is 11.6 Å². The van der Waals surface area contributed by atoms with Crippen LogP contribution in [0.1, 0.15) is 44.6 Å². The van der Waals surface area contributed by atoms with E-state index in [1.807, 2.05) is 19.1 Å². The van der Waals surface area contributed by atoms with Gasteiger partial charge in [-0.05, 0) is 78.8 Å². The van der Waals surface area contributed by atoms with E-state index in [4.69, 9.17) is 16.6 Å². The second-order valence-corrected chi connectivity index (χ2v) is 11.8. The molecule has 3 aromatic carbocycles. The number of hydrogen-bond donors (Lipinski definition) is 2. The number of aryl methyl sites for hydroxylation is 1. The van der Waals surface area contributed by atoms with Gasteiger partial charge in [0, 0.05) is 23.7 Å². The summed E-state index contributed by atoms with van der Waals surface area (Å²) in [5, 5.41) is 4.32. The number of sulfonamides is 1. The summed E-state index contributed by atoms with van der Waals surface area (Å²) in [5.41, 5.74) is 2.99. The maximum Gasteiger partial charge on any atom is 0.263 e. The van der Waals surface area contributed by atoms with E-state index in [1.54, 1.807) is 24.4 Å². The zero-order valence-electron chi connectivity index (χ0n) is 21.2.